The molecule has 0 aliphatic rings. The number of aromatic nitrogens is 1. The minimum absolute atomic E-state index is 0.186. The molecule has 0 saturated carbocycles. The van der Waals surface area contributed by atoms with Gasteiger partial charge in [0, 0.05) is 24.0 Å². The summed E-state index contributed by atoms with van der Waals surface area (Å²) in [7, 11) is 4.21. The Bertz CT molecular complexity index is 305. The van der Waals surface area contributed by atoms with Crippen molar-refractivity contribution in [3.63, 3.8) is 0 Å². The molecule has 0 amide bonds. The Morgan fingerprint density at radius 3 is 2.60 bits per heavy atom. The molecule has 1 rings (SSSR count). The van der Waals surface area contributed by atoms with Crippen molar-refractivity contribution in [2.45, 2.75) is 32.9 Å². The van der Waals surface area contributed by atoms with Gasteiger partial charge in [0.15, 0.2) is 0 Å². The molecule has 0 radical (unpaired) electrons. The van der Waals surface area contributed by atoms with Gasteiger partial charge in [0.2, 0.25) is 0 Å². The van der Waals surface area contributed by atoms with Gasteiger partial charge in [-0.3, -0.25) is 0 Å². The molecule has 0 aromatic carbocycles. The highest BCUT2D eigenvalue weighted by Gasteiger charge is 2.19. The van der Waals surface area contributed by atoms with Crippen LogP contribution in [0.4, 0.5) is 0 Å². The maximum absolute atomic E-state index is 4.42. The van der Waals surface area contributed by atoms with Crippen LogP contribution in [-0.4, -0.2) is 36.1 Å². The van der Waals surface area contributed by atoms with E-state index in [-0.39, 0.29) is 5.54 Å². The third kappa shape index (κ3) is 3.89. The fourth-order valence-corrected chi connectivity index (χ4v) is 1.76. The van der Waals surface area contributed by atoms with E-state index in [4.69, 9.17) is 0 Å². The van der Waals surface area contributed by atoms with Crippen molar-refractivity contribution in [3.05, 3.63) is 16.1 Å². The SMILES string of the molecule is Cc1nc(CNCC(C)(C)N(C)C)cs1. The summed E-state index contributed by atoms with van der Waals surface area (Å²) < 4.78 is 0. The highest BCUT2D eigenvalue weighted by molar-refractivity contribution is 7.09. The standard InChI is InChI=1S/C11H21N3S/c1-9-13-10(7-15-9)6-12-8-11(2,3)14(4)5/h7,12H,6,8H2,1-5H3. The highest BCUT2D eigenvalue weighted by atomic mass is 32.1. The summed E-state index contributed by atoms with van der Waals surface area (Å²) in [5.74, 6) is 0. The zero-order valence-corrected chi connectivity index (χ0v) is 11.1. The van der Waals surface area contributed by atoms with Crippen LogP contribution in [0, 0.1) is 6.92 Å². The first-order valence-electron chi connectivity index (χ1n) is 5.21. The maximum atomic E-state index is 4.42. The van der Waals surface area contributed by atoms with Gasteiger partial charge in [-0.2, -0.15) is 0 Å². The fourth-order valence-electron chi connectivity index (χ4n) is 1.14. The zero-order valence-electron chi connectivity index (χ0n) is 10.3. The molecule has 3 nitrogen and oxygen atoms in total. The van der Waals surface area contributed by atoms with Gasteiger partial charge in [0.25, 0.3) is 0 Å². The van der Waals surface area contributed by atoms with Crippen molar-refractivity contribution in [1.82, 2.24) is 15.2 Å². The summed E-state index contributed by atoms with van der Waals surface area (Å²) in [6.45, 7) is 8.33. The number of rotatable bonds is 5. The molecular weight excluding hydrogens is 206 g/mol. The van der Waals surface area contributed by atoms with Crippen molar-refractivity contribution in [2.75, 3.05) is 20.6 Å². The first-order valence-corrected chi connectivity index (χ1v) is 6.09. The molecule has 1 N–H and O–H groups in total. The molecule has 1 heterocycles. The van der Waals surface area contributed by atoms with Crippen LogP contribution >= 0.6 is 11.3 Å². The number of aryl methyl sites for hydroxylation is 1. The second-order valence-corrected chi connectivity index (χ2v) is 5.73. The Kier molecular flexibility index (Phi) is 4.25. The quantitative estimate of drug-likeness (QED) is 0.832. The monoisotopic (exact) mass is 227 g/mol. The average Bonchev–Trinajstić information content (AvgIpc) is 2.51. The van der Waals surface area contributed by atoms with Crippen molar-refractivity contribution in [3.8, 4) is 0 Å². The van der Waals surface area contributed by atoms with Crippen LogP contribution in [-0.2, 0) is 6.54 Å². The molecule has 0 saturated heterocycles. The van der Waals surface area contributed by atoms with Gasteiger partial charge in [0.05, 0.1) is 10.7 Å². The van der Waals surface area contributed by atoms with Crippen LogP contribution in [0.15, 0.2) is 5.38 Å². The van der Waals surface area contributed by atoms with E-state index >= 15 is 0 Å². The van der Waals surface area contributed by atoms with Crippen molar-refractivity contribution in [1.29, 1.82) is 0 Å². The summed E-state index contributed by atoms with van der Waals surface area (Å²) in [5.41, 5.74) is 1.33. The van der Waals surface area contributed by atoms with E-state index in [0.29, 0.717) is 0 Å². The Labute approximate surface area is 96.5 Å². The molecule has 15 heavy (non-hydrogen) atoms. The third-order valence-electron chi connectivity index (χ3n) is 2.74. The van der Waals surface area contributed by atoms with E-state index in [1.165, 1.54) is 0 Å². The van der Waals surface area contributed by atoms with Gasteiger partial charge in [-0.1, -0.05) is 0 Å². The molecule has 0 spiro atoms. The van der Waals surface area contributed by atoms with Gasteiger partial charge < -0.3 is 10.2 Å². The number of nitrogens with zero attached hydrogens (tertiary/aromatic N) is 2. The second kappa shape index (κ2) is 5.05. The van der Waals surface area contributed by atoms with Crippen LogP contribution in [0.3, 0.4) is 0 Å². The van der Waals surface area contributed by atoms with Gasteiger partial charge >= 0.3 is 0 Å². The smallest absolute Gasteiger partial charge is 0.0897 e. The number of hydrogen-bond donors (Lipinski definition) is 1. The summed E-state index contributed by atoms with van der Waals surface area (Å²) >= 11 is 1.71. The lowest BCUT2D eigenvalue weighted by atomic mass is 10.0. The minimum Gasteiger partial charge on any atom is -0.309 e. The average molecular weight is 227 g/mol. The van der Waals surface area contributed by atoms with Crippen LogP contribution in [0.25, 0.3) is 0 Å². The summed E-state index contributed by atoms with van der Waals surface area (Å²) in [4.78, 5) is 6.65. The molecule has 1 aromatic heterocycles. The number of thiazole rings is 1. The van der Waals surface area contributed by atoms with Crippen LogP contribution in [0.1, 0.15) is 24.5 Å². The first-order chi connectivity index (χ1) is 6.92. The molecular formula is C11H21N3S. The topological polar surface area (TPSA) is 28.2 Å². The van der Waals surface area contributed by atoms with Crippen LogP contribution in [0.2, 0.25) is 0 Å². The Balaban J connectivity index is 2.33. The predicted octanol–water partition coefficient (Wildman–Crippen LogP) is 1.88. The number of nitrogens with one attached hydrogen (secondary N) is 1. The predicted molar refractivity (Wildman–Crippen MR) is 66.3 cm³/mol. The molecule has 0 unspecified atom stereocenters. The summed E-state index contributed by atoms with van der Waals surface area (Å²) in [6.07, 6.45) is 0. The first kappa shape index (κ1) is 12.6. The van der Waals surface area contributed by atoms with E-state index in [1.54, 1.807) is 11.3 Å². The second-order valence-electron chi connectivity index (χ2n) is 4.67. The lowest BCUT2D eigenvalue weighted by Crippen LogP contribution is -2.46. The van der Waals surface area contributed by atoms with Gasteiger partial charge in [0.1, 0.15) is 0 Å². The van der Waals surface area contributed by atoms with Gasteiger partial charge in [-0.05, 0) is 34.9 Å². The lowest BCUT2D eigenvalue weighted by molar-refractivity contribution is 0.189. The van der Waals surface area contributed by atoms with E-state index in [0.717, 1.165) is 23.8 Å². The van der Waals surface area contributed by atoms with Crippen molar-refractivity contribution in [2.24, 2.45) is 0 Å². The fraction of sp³-hybridized carbons (Fsp3) is 0.727. The highest BCUT2D eigenvalue weighted by Crippen LogP contribution is 2.10. The number of likely N-dealkylation sites (N-methyl/N-ethyl adjacent to an activating group) is 1. The molecule has 0 aliphatic heterocycles. The van der Waals surface area contributed by atoms with E-state index in [1.807, 2.05) is 6.92 Å². The molecule has 86 valence electrons. The van der Waals surface area contributed by atoms with Gasteiger partial charge in [-0.15, -0.1) is 11.3 Å². The normalized spacial score (nSPS) is 12.4. The minimum atomic E-state index is 0.186. The summed E-state index contributed by atoms with van der Waals surface area (Å²) in [5, 5.41) is 6.69. The summed E-state index contributed by atoms with van der Waals surface area (Å²) in [6, 6.07) is 0. The Morgan fingerprint density at radius 1 is 1.47 bits per heavy atom. The molecule has 0 atom stereocenters. The van der Waals surface area contributed by atoms with Crippen molar-refractivity contribution < 1.29 is 0 Å². The zero-order chi connectivity index (χ0) is 11.5. The molecule has 4 heteroatoms. The Hall–Kier alpha value is -0.450. The molecule has 0 aliphatic carbocycles. The van der Waals surface area contributed by atoms with Crippen LogP contribution in [0.5, 0.6) is 0 Å². The molecule has 0 fully saturated rings. The van der Waals surface area contributed by atoms with Crippen LogP contribution < -0.4 is 5.32 Å². The largest absolute Gasteiger partial charge is 0.309 e. The van der Waals surface area contributed by atoms with E-state index < -0.39 is 0 Å². The lowest BCUT2D eigenvalue weighted by Gasteiger charge is -2.32. The molecule has 0 bridgehead atoms. The Morgan fingerprint density at radius 2 is 2.13 bits per heavy atom. The van der Waals surface area contributed by atoms with E-state index in [9.17, 15) is 0 Å². The number of hydrogen-bond acceptors (Lipinski definition) is 4. The molecule has 1 aromatic rings. The maximum Gasteiger partial charge on any atom is 0.0897 e. The van der Waals surface area contributed by atoms with Crippen molar-refractivity contribution >= 4 is 11.3 Å². The third-order valence-corrected chi connectivity index (χ3v) is 3.56. The van der Waals surface area contributed by atoms with E-state index in [2.05, 4.69) is 48.5 Å². The van der Waals surface area contributed by atoms with Gasteiger partial charge in [-0.25, -0.2) is 4.98 Å².